The highest BCUT2D eigenvalue weighted by molar-refractivity contribution is 7.47. The van der Waals surface area contributed by atoms with Crippen LogP contribution in [0.4, 0.5) is 0 Å². The number of likely N-dealkylation sites (N-methyl/N-ethyl adjacent to an activating group) is 1. The van der Waals surface area contributed by atoms with E-state index in [0.717, 1.165) is 57.8 Å². The molecule has 1 N–H and O–H groups in total. The van der Waals surface area contributed by atoms with Crippen LogP contribution < -0.4 is 0 Å². The molecule has 0 aromatic carbocycles. The minimum atomic E-state index is -4.37. The molecule has 0 saturated heterocycles. The second kappa shape index (κ2) is 51.9. The van der Waals surface area contributed by atoms with E-state index in [1.807, 2.05) is 21.1 Å². The number of phosphoric ester groups is 1. The lowest BCUT2D eigenvalue weighted by Gasteiger charge is -2.24. The number of rotatable bonds is 54. The van der Waals surface area contributed by atoms with E-state index in [2.05, 4.69) is 62.5 Å². The van der Waals surface area contributed by atoms with Crippen molar-refractivity contribution < 1.29 is 42.1 Å². The molecule has 0 saturated carbocycles. The van der Waals surface area contributed by atoms with Gasteiger partial charge in [-0.05, 0) is 51.4 Å². The van der Waals surface area contributed by atoms with Crippen LogP contribution in [0.5, 0.6) is 0 Å². The second-order valence-corrected chi connectivity index (χ2v) is 22.5. The van der Waals surface area contributed by atoms with Crippen LogP contribution in [0.25, 0.3) is 0 Å². The highest BCUT2D eigenvalue weighted by Crippen LogP contribution is 2.43. The molecule has 0 aromatic rings. The Balaban J connectivity index is 3.85. The molecule has 410 valence electrons. The van der Waals surface area contributed by atoms with E-state index in [1.165, 1.54) is 180 Å². The molecule has 10 heteroatoms. The third-order valence-corrected chi connectivity index (χ3v) is 13.9. The fraction of sp³-hybridized carbons (Fsp3) is 0.833. The Morgan fingerprint density at radius 1 is 0.457 bits per heavy atom. The first-order valence-corrected chi connectivity index (χ1v) is 30.9. The third-order valence-electron chi connectivity index (χ3n) is 12.9. The van der Waals surface area contributed by atoms with Crippen molar-refractivity contribution in [1.29, 1.82) is 0 Å². The number of unbranched alkanes of at least 4 members (excludes halogenated alkanes) is 32. The highest BCUT2D eigenvalue weighted by atomic mass is 31.2. The smallest absolute Gasteiger partial charge is 0.462 e. The van der Waals surface area contributed by atoms with E-state index in [0.29, 0.717) is 23.9 Å². The maximum Gasteiger partial charge on any atom is 0.472 e. The van der Waals surface area contributed by atoms with Crippen molar-refractivity contribution in [1.82, 2.24) is 0 Å². The molecule has 0 amide bonds. The lowest BCUT2D eigenvalue weighted by molar-refractivity contribution is -0.870. The molecule has 2 unspecified atom stereocenters. The van der Waals surface area contributed by atoms with Crippen molar-refractivity contribution in [3.63, 3.8) is 0 Å². The summed E-state index contributed by atoms with van der Waals surface area (Å²) in [7, 11) is 1.49. The Morgan fingerprint density at radius 2 is 0.814 bits per heavy atom. The van der Waals surface area contributed by atoms with Crippen LogP contribution in [0.2, 0.25) is 0 Å². The van der Waals surface area contributed by atoms with Gasteiger partial charge in [0.15, 0.2) is 6.10 Å². The van der Waals surface area contributed by atoms with Crippen LogP contribution in [-0.2, 0) is 32.7 Å². The summed E-state index contributed by atoms with van der Waals surface area (Å²) in [5.41, 5.74) is 0. The SMILES string of the molecule is CC/C=C\C/C=C\C/C=C\C/C=C\CCCCCCCCCCCCCCCCCCCCCCCCCCC(=O)OC(COC(=O)CCCCCCCCCCC)COP(=O)(O)OCC[N+](C)(C)C. The zero-order valence-corrected chi connectivity index (χ0v) is 47.4. The van der Waals surface area contributed by atoms with Crippen molar-refractivity contribution in [3.8, 4) is 0 Å². The molecule has 0 aromatic heterocycles. The number of hydrogen-bond donors (Lipinski definition) is 1. The Morgan fingerprint density at radius 3 is 1.21 bits per heavy atom. The number of hydrogen-bond acceptors (Lipinski definition) is 7. The standard InChI is InChI=1S/C60H112NO8P/c1-6-8-10-12-14-16-17-18-19-20-21-22-23-24-25-26-27-28-29-30-31-32-33-34-35-36-37-38-39-40-41-42-43-45-47-49-51-53-60(63)69-58(57-68-70(64,65)67-55-54-61(3,4)5)56-66-59(62)52-50-48-46-44-15-13-11-9-7-2/h8,10,14,16,18-19,21-22,58H,6-7,9,11-13,15,17,20,23-57H2,1-5H3/p+1/b10-8-,16-14-,19-18-,22-21-. The van der Waals surface area contributed by atoms with E-state index in [9.17, 15) is 19.0 Å². The molecular formula is C60H113NO8P+. The highest BCUT2D eigenvalue weighted by Gasteiger charge is 2.27. The maximum absolute atomic E-state index is 12.8. The molecule has 0 spiro atoms. The molecule has 70 heavy (non-hydrogen) atoms. The summed E-state index contributed by atoms with van der Waals surface area (Å²) in [6, 6.07) is 0. The van der Waals surface area contributed by atoms with Crippen molar-refractivity contribution in [2.45, 2.75) is 277 Å². The molecule has 0 aliphatic rings. The molecule has 2 atom stereocenters. The second-order valence-electron chi connectivity index (χ2n) is 21.0. The number of esters is 2. The molecule has 0 aliphatic heterocycles. The first kappa shape index (κ1) is 68.0. The van der Waals surface area contributed by atoms with Gasteiger partial charge in [0.05, 0.1) is 27.7 Å². The van der Waals surface area contributed by atoms with E-state index < -0.39 is 26.5 Å². The summed E-state index contributed by atoms with van der Waals surface area (Å²) in [5.74, 6) is -0.788. The number of phosphoric acid groups is 1. The molecule has 0 fully saturated rings. The number of carbonyl (C=O) groups is 2. The maximum atomic E-state index is 12.8. The summed E-state index contributed by atoms with van der Waals surface area (Å²) >= 11 is 0. The van der Waals surface area contributed by atoms with Crippen molar-refractivity contribution in [2.75, 3.05) is 47.5 Å². The first-order chi connectivity index (χ1) is 34.0. The van der Waals surface area contributed by atoms with Gasteiger partial charge in [-0.2, -0.15) is 0 Å². The molecule has 9 nitrogen and oxygen atoms in total. The lowest BCUT2D eigenvalue weighted by Crippen LogP contribution is -2.37. The van der Waals surface area contributed by atoms with E-state index in [-0.39, 0.29) is 25.6 Å². The van der Waals surface area contributed by atoms with Crippen molar-refractivity contribution in [2.24, 2.45) is 0 Å². The lowest BCUT2D eigenvalue weighted by atomic mass is 10.0. The topological polar surface area (TPSA) is 108 Å². The average molecular weight is 1010 g/mol. The largest absolute Gasteiger partial charge is 0.472 e. The molecular weight excluding hydrogens is 894 g/mol. The van der Waals surface area contributed by atoms with Crippen LogP contribution in [0.15, 0.2) is 48.6 Å². The van der Waals surface area contributed by atoms with E-state index in [4.69, 9.17) is 18.5 Å². The molecule has 0 heterocycles. The fourth-order valence-electron chi connectivity index (χ4n) is 8.36. The van der Waals surface area contributed by atoms with E-state index >= 15 is 0 Å². The van der Waals surface area contributed by atoms with Gasteiger partial charge in [-0.15, -0.1) is 0 Å². The quantitative estimate of drug-likeness (QED) is 0.0211. The summed E-state index contributed by atoms with van der Waals surface area (Å²) < 4.78 is 34.4. The Bertz CT molecular complexity index is 1320. The monoisotopic (exact) mass is 1010 g/mol. The summed E-state index contributed by atoms with van der Waals surface area (Å²) in [6.45, 7) is 4.32. The summed E-state index contributed by atoms with van der Waals surface area (Å²) in [6.07, 6.45) is 65.1. The molecule has 0 bridgehead atoms. The van der Waals surface area contributed by atoms with Gasteiger partial charge >= 0.3 is 19.8 Å². The molecule has 0 aliphatic carbocycles. The number of carbonyl (C=O) groups excluding carboxylic acids is 2. The number of allylic oxidation sites excluding steroid dienone is 8. The molecule has 0 radical (unpaired) electrons. The van der Waals surface area contributed by atoms with Crippen LogP contribution in [0.1, 0.15) is 271 Å². The van der Waals surface area contributed by atoms with Gasteiger partial charge in [0.2, 0.25) is 0 Å². The zero-order valence-electron chi connectivity index (χ0n) is 46.5. The van der Waals surface area contributed by atoms with Crippen LogP contribution in [-0.4, -0.2) is 74.9 Å². The minimum absolute atomic E-state index is 0.0344. The Labute approximate surface area is 433 Å². The average Bonchev–Trinajstić information content (AvgIpc) is 3.32. The van der Waals surface area contributed by atoms with Crippen molar-refractivity contribution in [3.05, 3.63) is 48.6 Å². The normalized spacial score (nSPS) is 13.6. The van der Waals surface area contributed by atoms with Gasteiger partial charge in [0.25, 0.3) is 0 Å². The van der Waals surface area contributed by atoms with Gasteiger partial charge in [0, 0.05) is 12.8 Å². The number of nitrogens with zero attached hydrogens (tertiary/aromatic N) is 1. The first-order valence-electron chi connectivity index (χ1n) is 29.4. The minimum Gasteiger partial charge on any atom is -0.462 e. The van der Waals surface area contributed by atoms with Gasteiger partial charge in [0.1, 0.15) is 19.8 Å². The third kappa shape index (κ3) is 55.3. The zero-order chi connectivity index (χ0) is 51.3. The summed E-state index contributed by atoms with van der Waals surface area (Å²) in [5, 5.41) is 0. The fourth-order valence-corrected chi connectivity index (χ4v) is 9.10. The number of ether oxygens (including phenoxy) is 2. The van der Waals surface area contributed by atoms with Gasteiger partial charge in [-0.1, -0.05) is 255 Å². The van der Waals surface area contributed by atoms with Crippen LogP contribution in [0.3, 0.4) is 0 Å². The van der Waals surface area contributed by atoms with Gasteiger partial charge in [-0.3, -0.25) is 18.6 Å². The summed E-state index contributed by atoms with van der Waals surface area (Å²) in [4.78, 5) is 35.4. The van der Waals surface area contributed by atoms with Gasteiger partial charge < -0.3 is 18.9 Å². The molecule has 0 rings (SSSR count). The predicted molar refractivity (Wildman–Crippen MR) is 298 cm³/mol. The number of quaternary nitrogens is 1. The Kier molecular flexibility index (Phi) is 50.4. The van der Waals surface area contributed by atoms with E-state index in [1.54, 1.807) is 0 Å². The van der Waals surface area contributed by atoms with Crippen LogP contribution >= 0.6 is 7.82 Å². The predicted octanol–water partition coefficient (Wildman–Crippen LogP) is 18.1. The van der Waals surface area contributed by atoms with Crippen molar-refractivity contribution >= 4 is 19.8 Å². The van der Waals surface area contributed by atoms with Gasteiger partial charge in [-0.25, -0.2) is 4.57 Å². The van der Waals surface area contributed by atoms with Crippen LogP contribution in [0, 0.1) is 0 Å². The Hall–Kier alpha value is -2.03.